The summed E-state index contributed by atoms with van der Waals surface area (Å²) in [6.45, 7) is 6.04. The van der Waals surface area contributed by atoms with Crippen LogP contribution in [-0.4, -0.2) is 41.3 Å². The first-order chi connectivity index (χ1) is 13.8. The first-order valence-corrected chi connectivity index (χ1v) is 11.4. The van der Waals surface area contributed by atoms with E-state index in [9.17, 15) is 18.0 Å². The molecule has 0 aliphatic rings. The van der Waals surface area contributed by atoms with Crippen molar-refractivity contribution < 1.29 is 13.2 Å². The number of rotatable bonds is 7. The Kier molecular flexibility index (Phi) is 6.15. The third-order valence-corrected chi connectivity index (χ3v) is 7.46. The Labute approximate surface area is 172 Å². The summed E-state index contributed by atoms with van der Waals surface area (Å²) in [5, 5.41) is 3.17. The van der Waals surface area contributed by atoms with Gasteiger partial charge in [0.05, 0.1) is 16.6 Å². The van der Waals surface area contributed by atoms with Crippen LogP contribution in [0.15, 0.2) is 46.3 Å². The maximum Gasteiger partial charge on any atom is 0.262 e. The molecule has 3 rings (SSSR count). The smallest absolute Gasteiger partial charge is 0.262 e. The van der Waals surface area contributed by atoms with E-state index in [2.05, 4.69) is 10.3 Å². The lowest BCUT2D eigenvalue weighted by Crippen LogP contribution is -2.30. The summed E-state index contributed by atoms with van der Waals surface area (Å²) in [7, 11) is -3.55. The minimum atomic E-state index is -3.55. The van der Waals surface area contributed by atoms with Gasteiger partial charge < -0.3 is 5.32 Å². The fourth-order valence-electron chi connectivity index (χ4n) is 2.97. The fourth-order valence-corrected chi connectivity index (χ4v) is 5.27. The number of amides is 1. The molecule has 154 valence electrons. The Morgan fingerprint density at radius 1 is 1.21 bits per heavy atom. The molecule has 0 radical (unpaired) electrons. The van der Waals surface area contributed by atoms with E-state index in [-0.39, 0.29) is 17.0 Å². The largest absolute Gasteiger partial charge is 0.325 e. The van der Waals surface area contributed by atoms with Crippen molar-refractivity contribution in [2.24, 2.45) is 0 Å². The molecule has 2 heterocycles. The lowest BCUT2D eigenvalue weighted by molar-refractivity contribution is -0.116. The Hall–Kier alpha value is -2.56. The maximum absolute atomic E-state index is 12.5. The number of benzene rings is 1. The third kappa shape index (κ3) is 4.39. The van der Waals surface area contributed by atoms with Crippen LogP contribution in [0, 0.1) is 6.92 Å². The molecule has 0 saturated heterocycles. The van der Waals surface area contributed by atoms with Gasteiger partial charge in [0.2, 0.25) is 15.9 Å². The monoisotopic (exact) mass is 434 g/mol. The average Bonchev–Trinajstić information content (AvgIpc) is 3.06. The number of aromatic nitrogens is 2. The molecule has 10 heteroatoms. The van der Waals surface area contributed by atoms with Crippen molar-refractivity contribution in [3.8, 4) is 0 Å². The molecule has 0 atom stereocenters. The number of nitrogens with zero attached hydrogens (tertiary/aromatic N) is 3. The summed E-state index contributed by atoms with van der Waals surface area (Å²) in [5.41, 5.74) is 0.178. The number of nitrogens with one attached hydrogen (secondary N) is 1. The molecule has 3 aromatic rings. The molecular formula is C19H22N4O4S2. The summed E-state index contributed by atoms with van der Waals surface area (Å²) in [5.74, 6) is -0.403. The number of carbonyl (C=O) groups is 1. The van der Waals surface area contributed by atoms with Gasteiger partial charge in [-0.3, -0.25) is 14.2 Å². The number of aryl methyl sites for hydroxylation is 1. The van der Waals surface area contributed by atoms with Gasteiger partial charge in [-0.25, -0.2) is 13.4 Å². The van der Waals surface area contributed by atoms with Crippen LogP contribution in [-0.2, 0) is 21.4 Å². The highest BCUT2D eigenvalue weighted by atomic mass is 32.2. The van der Waals surface area contributed by atoms with Crippen LogP contribution in [0.2, 0.25) is 0 Å². The quantitative estimate of drug-likeness (QED) is 0.615. The van der Waals surface area contributed by atoms with Crippen LogP contribution in [0.3, 0.4) is 0 Å². The van der Waals surface area contributed by atoms with Crippen molar-refractivity contribution in [2.75, 3.05) is 18.4 Å². The van der Waals surface area contributed by atoms with Crippen LogP contribution in [0.1, 0.15) is 18.7 Å². The van der Waals surface area contributed by atoms with Gasteiger partial charge in [-0.2, -0.15) is 4.31 Å². The molecule has 8 nitrogen and oxygen atoms in total. The van der Waals surface area contributed by atoms with Gasteiger partial charge in [0.25, 0.3) is 5.56 Å². The molecule has 1 aromatic carbocycles. The first-order valence-electron chi connectivity index (χ1n) is 9.12. The van der Waals surface area contributed by atoms with Crippen LogP contribution in [0.4, 0.5) is 5.69 Å². The summed E-state index contributed by atoms with van der Waals surface area (Å²) in [6, 6.07) is 7.73. The average molecular weight is 435 g/mol. The van der Waals surface area contributed by atoms with E-state index < -0.39 is 15.9 Å². The molecule has 0 aliphatic heterocycles. The third-order valence-electron chi connectivity index (χ3n) is 4.44. The molecule has 0 bridgehead atoms. The number of thiophene rings is 1. The Bertz CT molecular complexity index is 1190. The number of carbonyl (C=O) groups excluding carboxylic acids is 1. The van der Waals surface area contributed by atoms with Crippen LogP contribution in [0.25, 0.3) is 10.2 Å². The summed E-state index contributed by atoms with van der Waals surface area (Å²) >= 11 is 1.43. The second-order valence-corrected chi connectivity index (χ2v) is 9.59. The van der Waals surface area contributed by atoms with Crippen LogP contribution < -0.4 is 10.9 Å². The van der Waals surface area contributed by atoms with Crippen molar-refractivity contribution in [3.63, 3.8) is 0 Å². The number of fused-ring (bicyclic) bond motifs is 1. The van der Waals surface area contributed by atoms with E-state index in [1.54, 1.807) is 19.9 Å². The van der Waals surface area contributed by atoms with Crippen molar-refractivity contribution in [3.05, 3.63) is 51.9 Å². The summed E-state index contributed by atoms with van der Waals surface area (Å²) in [4.78, 5) is 30.8. The van der Waals surface area contributed by atoms with Gasteiger partial charge in [0.1, 0.15) is 11.4 Å². The van der Waals surface area contributed by atoms with Gasteiger partial charge in [-0.15, -0.1) is 11.3 Å². The van der Waals surface area contributed by atoms with Gasteiger partial charge in [0, 0.05) is 23.7 Å². The zero-order chi connectivity index (χ0) is 21.2. The topological polar surface area (TPSA) is 101 Å². The summed E-state index contributed by atoms with van der Waals surface area (Å²) in [6.07, 6.45) is 1.36. The van der Waals surface area contributed by atoms with Crippen molar-refractivity contribution in [2.45, 2.75) is 32.2 Å². The second kappa shape index (κ2) is 8.44. The highest BCUT2D eigenvalue weighted by molar-refractivity contribution is 7.89. The van der Waals surface area contributed by atoms with Crippen LogP contribution in [0.5, 0.6) is 0 Å². The Morgan fingerprint density at radius 3 is 2.48 bits per heavy atom. The van der Waals surface area contributed by atoms with E-state index in [0.717, 1.165) is 4.88 Å². The first kappa shape index (κ1) is 21.2. The predicted octanol–water partition coefficient (Wildman–Crippen LogP) is 2.44. The molecule has 0 spiro atoms. The zero-order valence-electron chi connectivity index (χ0n) is 16.4. The minimum Gasteiger partial charge on any atom is -0.325 e. The lowest BCUT2D eigenvalue weighted by atomic mass is 10.3. The molecule has 2 aromatic heterocycles. The van der Waals surface area contributed by atoms with Gasteiger partial charge in [-0.05, 0) is 37.3 Å². The Morgan fingerprint density at radius 2 is 1.86 bits per heavy atom. The predicted molar refractivity (Wildman–Crippen MR) is 114 cm³/mol. The maximum atomic E-state index is 12.5. The fraction of sp³-hybridized carbons (Fsp3) is 0.316. The number of hydrogen-bond acceptors (Lipinski definition) is 6. The molecule has 29 heavy (non-hydrogen) atoms. The van der Waals surface area contributed by atoms with Crippen molar-refractivity contribution in [1.29, 1.82) is 0 Å². The molecular weight excluding hydrogens is 412 g/mol. The van der Waals surface area contributed by atoms with Gasteiger partial charge in [-0.1, -0.05) is 13.8 Å². The number of sulfonamides is 1. The highest BCUT2D eigenvalue weighted by Gasteiger charge is 2.21. The van der Waals surface area contributed by atoms with Gasteiger partial charge in [0.15, 0.2) is 0 Å². The number of hydrogen-bond donors (Lipinski definition) is 1. The van der Waals surface area contributed by atoms with E-state index in [1.807, 2.05) is 6.92 Å². The normalized spacial score (nSPS) is 11.9. The second-order valence-electron chi connectivity index (χ2n) is 6.42. The standard InChI is InChI=1S/C19H22N4O4S2/c1-4-23(5-2)29(26,27)15-8-6-14(7-9-15)21-17(24)11-22-12-20-18-16(19(22)25)10-13(3)28-18/h6-10,12H,4-5,11H2,1-3H3,(H,21,24). The molecule has 1 N–H and O–H groups in total. The highest BCUT2D eigenvalue weighted by Crippen LogP contribution is 2.20. The zero-order valence-corrected chi connectivity index (χ0v) is 18.0. The number of anilines is 1. The lowest BCUT2D eigenvalue weighted by Gasteiger charge is -2.18. The van der Waals surface area contributed by atoms with Crippen molar-refractivity contribution >= 4 is 43.2 Å². The van der Waals surface area contributed by atoms with E-state index in [4.69, 9.17) is 0 Å². The van der Waals surface area contributed by atoms with E-state index in [1.165, 1.54) is 50.8 Å². The van der Waals surface area contributed by atoms with Crippen LogP contribution >= 0.6 is 11.3 Å². The van der Waals surface area contributed by atoms with E-state index in [0.29, 0.717) is 29.0 Å². The molecule has 0 saturated carbocycles. The minimum absolute atomic E-state index is 0.165. The SMILES string of the molecule is CCN(CC)S(=O)(=O)c1ccc(NC(=O)Cn2cnc3sc(C)cc3c2=O)cc1. The molecule has 0 aliphatic carbocycles. The van der Waals surface area contributed by atoms with E-state index >= 15 is 0 Å². The van der Waals surface area contributed by atoms with Crippen molar-refractivity contribution in [1.82, 2.24) is 13.9 Å². The molecule has 1 amide bonds. The summed E-state index contributed by atoms with van der Waals surface area (Å²) < 4.78 is 27.6. The van der Waals surface area contributed by atoms with Gasteiger partial charge >= 0.3 is 0 Å². The Balaban J connectivity index is 1.73. The molecule has 0 fully saturated rings. The molecule has 0 unspecified atom stereocenters.